The van der Waals surface area contributed by atoms with Crippen LogP contribution in [0.25, 0.3) is 11.0 Å². The number of benzene rings is 1. The van der Waals surface area contributed by atoms with Crippen LogP contribution >= 0.6 is 0 Å². The zero-order chi connectivity index (χ0) is 16.8. The fourth-order valence-corrected chi connectivity index (χ4v) is 3.68. The van der Waals surface area contributed by atoms with Crippen molar-refractivity contribution in [3.05, 3.63) is 35.6 Å². The Morgan fingerprint density at radius 3 is 2.83 bits per heavy atom. The quantitative estimate of drug-likeness (QED) is 0.793. The molecular weight excluding hydrogens is 306 g/mol. The summed E-state index contributed by atoms with van der Waals surface area (Å²) < 4.78 is 5.72. The van der Waals surface area contributed by atoms with E-state index >= 15 is 0 Å². The molecule has 2 amide bonds. The number of amides is 2. The van der Waals surface area contributed by atoms with Crippen LogP contribution in [-0.4, -0.2) is 72.3 Å². The number of fused-ring (bicyclic) bond motifs is 2. The largest absolute Gasteiger partial charge is 0.461 e. The van der Waals surface area contributed by atoms with E-state index in [9.17, 15) is 9.59 Å². The Balaban J connectivity index is 1.61. The molecule has 3 heterocycles. The van der Waals surface area contributed by atoms with E-state index in [2.05, 4.69) is 4.90 Å². The van der Waals surface area contributed by atoms with Gasteiger partial charge in [-0.05, 0) is 19.1 Å². The van der Waals surface area contributed by atoms with Crippen LogP contribution in [0.1, 0.15) is 16.1 Å². The molecule has 1 unspecified atom stereocenters. The van der Waals surface area contributed by atoms with Crippen molar-refractivity contribution in [2.75, 3.05) is 39.8 Å². The molecule has 0 radical (unpaired) electrons. The number of nitrogens with zero attached hydrogens (tertiary/aromatic N) is 3. The van der Waals surface area contributed by atoms with Crippen LogP contribution in [0.3, 0.4) is 0 Å². The fourth-order valence-electron chi connectivity index (χ4n) is 3.68. The molecule has 2 saturated heterocycles. The molecule has 2 aliphatic heterocycles. The van der Waals surface area contributed by atoms with Gasteiger partial charge in [-0.15, -0.1) is 0 Å². The second-order valence-corrected chi connectivity index (χ2v) is 6.64. The van der Waals surface area contributed by atoms with Crippen LogP contribution in [0.2, 0.25) is 0 Å². The van der Waals surface area contributed by atoms with Crippen molar-refractivity contribution < 1.29 is 14.0 Å². The Morgan fingerprint density at radius 1 is 1.21 bits per heavy atom. The van der Waals surface area contributed by atoms with Gasteiger partial charge in [0, 0.05) is 45.2 Å². The number of piperazine rings is 2. The zero-order valence-electron chi connectivity index (χ0n) is 14.0. The number of furan rings is 1. The molecule has 4 rings (SSSR count). The van der Waals surface area contributed by atoms with E-state index in [-0.39, 0.29) is 17.9 Å². The SMILES string of the molecule is Cc1cc2cccc(C(=O)N3CCN4CCN(C)C(=O)C4C3)c2o1. The highest BCUT2D eigenvalue weighted by Gasteiger charge is 2.39. The minimum absolute atomic E-state index is 0.0596. The highest BCUT2D eigenvalue weighted by Crippen LogP contribution is 2.25. The third kappa shape index (κ3) is 2.38. The third-order valence-corrected chi connectivity index (χ3v) is 5.06. The van der Waals surface area contributed by atoms with Crippen molar-refractivity contribution in [3.8, 4) is 0 Å². The maximum atomic E-state index is 13.0. The molecule has 0 spiro atoms. The second-order valence-electron chi connectivity index (χ2n) is 6.64. The number of para-hydroxylation sites is 1. The topological polar surface area (TPSA) is 57.0 Å². The number of rotatable bonds is 1. The lowest BCUT2D eigenvalue weighted by atomic mass is 10.1. The molecular formula is C18H21N3O3. The minimum Gasteiger partial charge on any atom is -0.461 e. The molecule has 0 N–H and O–H groups in total. The lowest BCUT2D eigenvalue weighted by Crippen LogP contribution is -2.64. The monoisotopic (exact) mass is 327 g/mol. The van der Waals surface area contributed by atoms with Gasteiger partial charge in [0.05, 0.1) is 5.56 Å². The summed E-state index contributed by atoms with van der Waals surface area (Å²) in [5, 5.41) is 0.936. The van der Waals surface area contributed by atoms with Crippen LogP contribution in [0.5, 0.6) is 0 Å². The summed E-state index contributed by atoms with van der Waals surface area (Å²) in [6, 6.07) is 7.33. The van der Waals surface area contributed by atoms with Crippen molar-refractivity contribution in [1.82, 2.24) is 14.7 Å². The van der Waals surface area contributed by atoms with Gasteiger partial charge in [0.1, 0.15) is 17.4 Å². The molecule has 24 heavy (non-hydrogen) atoms. The summed E-state index contributed by atoms with van der Waals surface area (Å²) in [5.41, 5.74) is 1.21. The highest BCUT2D eigenvalue weighted by atomic mass is 16.3. The lowest BCUT2D eigenvalue weighted by molar-refractivity contribution is -0.142. The van der Waals surface area contributed by atoms with E-state index in [0.717, 1.165) is 30.8 Å². The van der Waals surface area contributed by atoms with Gasteiger partial charge in [-0.3, -0.25) is 14.5 Å². The van der Waals surface area contributed by atoms with E-state index in [1.807, 2.05) is 32.2 Å². The number of likely N-dealkylation sites (N-methyl/N-ethyl adjacent to an activating group) is 1. The molecule has 1 aromatic heterocycles. The van der Waals surface area contributed by atoms with Crippen LogP contribution in [0.4, 0.5) is 0 Å². The number of carbonyl (C=O) groups excluding carboxylic acids is 2. The van der Waals surface area contributed by atoms with Crippen LogP contribution < -0.4 is 0 Å². The van der Waals surface area contributed by atoms with Gasteiger partial charge in [-0.25, -0.2) is 0 Å². The average molecular weight is 327 g/mol. The Labute approximate surface area is 140 Å². The molecule has 0 aliphatic carbocycles. The molecule has 6 nitrogen and oxygen atoms in total. The predicted molar refractivity (Wildman–Crippen MR) is 89.9 cm³/mol. The van der Waals surface area contributed by atoms with Gasteiger partial charge < -0.3 is 14.2 Å². The first kappa shape index (κ1) is 15.2. The number of hydrogen-bond donors (Lipinski definition) is 0. The summed E-state index contributed by atoms with van der Waals surface area (Å²) in [4.78, 5) is 31.1. The Morgan fingerprint density at radius 2 is 2.00 bits per heavy atom. The Kier molecular flexibility index (Phi) is 3.57. The van der Waals surface area contributed by atoms with Crippen molar-refractivity contribution in [1.29, 1.82) is 0 Å². The first-order valence-corrected chi connectivity index (χ1v) is 8.32. The van der Waals surface area contributed by atoms with Gasteiger partial charge in [0.15, 0.2) is 0 Å². The van der Waals surface area contributed by atoms with E-state index < -0.39 is 0 Å². The molecule has 0 saturated carbocycles. The smallest absolute Gasteiger partial charge is 0.257 e. The van der Waals surface area contributed by atoms with E-state index in [0.29, 0.717) is 24.2 Å². The first-order valence-electron chi connectivity index (χ1n) is 8.32. The predicted octanol–water partition coefficient (Wildman–Crippen LogP) is 1.34. The summed E-state index contributed by atoms with van der Waals surface area (Å²) in [5.74, 6) is 0.834. The van der Waals surface area contributed by atoms with E-state index in [1.165, 1.54) is 0 Å². The molecule has 6 heteroatoms. The van der Waals surface area contributed by atoms with Gasteiger partial charge in [0.2, 0.25) is 5.91 Å². The number of aryl methyl sites for hydroxylation is 1. The maximum Gasteiger partial charge on any atom is 0.257 e. The van der Waals surface area contributed by atoms with E-state index in [4.69, 9.17) is 4.42 Å². The Hall–Kier alpha value is -2.34. The molecule has 126 valence electrons. The summed E-state index contributed by atoms with van der Waals surface area (Å²) in [6.45, 7) is 5.34. The van der Waals surface area contributed by atoms with Crippen LogP contribution in [-0.2, 0) is 4.79 Å². The molecule has 1 aromatic carbocycles. The van der Waals surface area contributed by atoms with E-state index in [1.54, 1.807) is 15.9 Å². The zero-order valence-corrected chi connectivity index (χ0v) is 14.0. The molecule has 0 bridgehead atoms. The van der Waals surface area contributed by atoms with Crippen LogP contribution in [0.15, 0.2) is 28.7 Å². The van der Waals surface area contributed by atoms with Crippen molar-refractivity contribution in [2.45, 2.75) is 13.0 Å². The standard InChI is InChI=1S/C18H21N3O3/c1-12-10-13-4-3-5-14(16(13)24-12)17(22)21-9-8-20-7-6-19(2)18(23)15(20)11-21/h3-5,10,15H,6-9,11H2,1-2H3. The number of hydrogen-bond acceptors (Lipinski definition) is 4. The molecule has 2 aromatic rings. The van der Waals surface area contributed by atoms with Crippen LogP contribution in [0, 0.1) is 6.92 Å². The summed E-state index contributed by atoms with van der Waals surface area (Å²) >= 11 is 0. The van der Waals surface area contributed by atoms with Gasteiger partial charge >= 0.3 is 0 Å². The maximum absolute atomic E-state index is 13.0. The normalized spacial score (nSPS) is 22.1. The van der Waals surface area contributed by atoms with Crippen molar-refractivity contribution >= 4 is 22.8 Å². The first-order chi connectivity index (χ1) is 11.5. The summed E-state index contributed by atoms with van der Waals surface area (Å²) in [7, 11) is 1.83. The van der Waals surface area contributed by atoms with Gasteiger partial charge in [0.25, 0.3) is 5.91 Å². The van der Waals surface area contributed by atoms with Gasteiger partial charge in [-0.1, -0.05) is 12.1 Å². The van der Waals surface area contributed by atoms with Crippen molar-refractivity contribution in [2.24, 2.45) is 0 Å². The Bertz CT molecular complexity index is 813. The summed E-state index contributed by atoms with van der Waals surface area (Å²) in [6.07, 6.45) is 0. The average Bonchev–Trinajstić information content (AvgIpc) is 2.97. The lowest BCUT2D eigenvalue weighted by Gasteiger charge is -2.45. The highest BCUT2D eigenvalue weighted by molar-refractivity contribution is 6.05. The minimum atomic E-state index is -0.223. The molecule has 2 fully saturated rings. The molecule has 1 atom stereocenters. The second kappa shape index (κ2) is 5.63. The molecule has 2 aliphatic rings. The fraction of sp³-hybridized carbons (Fsp3) is 0.444. The van der Waals surface area contributed by atoms with Crippen molar-refractivity contribution in [3.63, 3.8) is 0 Å². The third-order valence-electron chi connectivity index (χ3n) is 5.06. The van der Waals surface area contributed by atoms with Gasteiger partial charge in [-0.2, -0.15) is 0 Å². The number of carbonyl (C=O) groups is 2.